The molecular formula is C17H15FN4O2S. The molecule has 8 heteroatoms. The highest BCUT2D eigenvalue weighted by Crippen LogP contribution is 2.30. The zero-order chi connectivity index (χ0) is 17.6. The minimum Gasteiger partial charge on any atom is -0.360 e. The van der Waals surface area contributed by atoms with E-state index in [2.05, 4.69) is 15.0 Å². The third-order valence-electron chi connectivity index (χ3n) is 4.11. The number of aromatic nitrogens is 3. The molecule has 0 saturated carbocycles. The van der Waals surface area contributed by atoms with E-state index in [-0.39, 0.29) is 18.0 Å². The van der Waals surface area contributed by atoms with Crippen LogP contribution in [0.3, 0.4) is 0 Å². The number of fused-ring (bicyclic) bond motifs is 2. The maximum absolute atomic E-state index is 13.3. The summed E-state index contributed by atoms with van der Waals surface area (Å²) >= 11 is 0. The molecule has 0 spiro atoms. The Morgan fingerprint density at radius 3 is 2.76 bits per heavy atom. The van der Waals surface area contributed by atoms with Crippen molar-refractivity contribution < 1.29 is 12.8 Å². The van der Waals surface area contributed by atoms with Crippen molar-refractivity contribution in [3.63, 3.8) is 0 Å². The summed E-state index contributed by atoms with van der Waals surface area (Å²) in [5, 5.41) is 5.96. The van der Waals surface area contributed by atoms with E-state index in [9.17, 15) is 12.8 Å². The van der Waals surface area contributed by atoms with E-state index in [1.165, 1.54) is 12.1 Å². The summed E-state index contributed by atoms with van der Waals surface area (Å²) in [6, 6.07) is 10.4. The second kappa shape index (κ2) is 5.68. The molecule has 0 amide bonds. The number of hydrogen-bond acceptors (Lipinski definition) is 3. The second-order valence-corrected chi connectivity index (χ2v) is 7.66. The number of sulfonamides is 1. The standard InChI is InChI=1S/C17H15FN4O2S/c18-11-2-3-12-13(9-20-15(12)8-11)10-1-4-14-16(7-10)22-17(21-14)5-6-25(19,23)24/h1-4,7-9,20H,5-6H2,(H,21,22)(H2,19,23,24). The molecule has 0 aliphatic carbocycles. The van der Waals surface area contributed by atoms with E-state index in [0.29, 0.717) is 5.82 Å². The monoisotopic (exact) mass is 358 g/mol. The maximum Gasteiger partial charge on any atom is 0.209 e. The Labute approximate surface area is 142 Å². The molecule has 2 heterocycles. The second-order valence-electron chi connectivity index (χ2n) is 5.92. The molecule has 0 aliphatic rings. The van der Waals surface area contributed by atoms with Crippen LogP contribution in [0.4, 0.5) is 4.39 Å². The number of nitrogens with one attached hydrogen (secondary N) is 2. The third-order valence-corrected chi connectivity index (χ3v) is 4.88. The molecule has 0 radical (unpaired) electrons. The van der Waals surface area contributed by atoms with Crippen LogP contribution < -0.4 is 5.14 Å². The van der Waals surface area contributed by atoms with Crippen molar-refractivity contribution in [2.24, 2.45) is 5.14 Å². The SMILES string of the molecule is NS(=O)(=O)CCc1nc2ccc(-c3c[nH]c4cc(F)ccc34)cc2[nH]1. The number of benzene rings is 2. The van der Waals surface area contributed by atoms with E-state index >= 15 is 0 Å². The van der Waals surface area contributed by atoms with Crippen LogP contribution in [0.2, 0.25) is 0 Å². The van der Waals surface area contributed by atoms with Gasteiger partial charge in [0.15, 0.2) is 0 Å². The summed E-state index contributed by atoms with van der Waals surface area (Å²) in [6.07, 6.45) is 2.07. The first-order valence-electron chi connectivity index (χ1n) is 7.65. The molecule has 2 aromatic carbocycles. The zero-order valence-corrected chi connectivity index (χ0v) is 13.9. The Hall–Kier alpha value is -2.71. The van der Waals surface area contributed by atoms with E-state index < -0.39 is 10.0 Å². The first-order valence-corrected chi connectivity index (χ1v) is 9.37. The maximum atomic E-state index is 13.3. The van der Waals surface area contributed by atoms with Gasteiger partial charge in [0.2, 0.25) is 10.0 Å². The van der Waals surface area contributed by atoms with Gasteiger partial charge in [0.1, 0.15) is 11.6 Å². The summed E-state index contributed by atoms with van der Waals surface area (Å²) in [7, 11) is -3.53. The van der Waals surface area contributed by atoms with Crippen molar-refractivity contribution in [3.8, 4) is 11.1 Å². The average molecular weight is 358 g/mol. The number of aromatic amines is 2. The fourth-order valence-electron chi connectivity index (χ4n) is 2.92. The normalized spacial score (nSPS) is 12.2. The number of nitrogens with two attached hydrogens (primary N) is 1. The number of halogens is 1. The lowest BCUT2D eigenvalue weighted by molar-refractivity contribution is 0.596. The molecule has 128 valence electrons. The fourth-order valence-corrected chi connectivity index (χ4v) is 3.40. The van der Waals surface area contributed by atoms with E-state index in [0.717, 1.165) is 33.1 Å². The van der Waals surface area contributed by atoms with Crippen LogP contribution in [0.25, 0.3) is 33.1 Å². The molecule has 6 nitrogen and oxygen atoms in total. The first kappa shape index (κ1) is 15.8. The van der Waals surface area contributed by atoms with Crippen molar-refractivity contribution in [2.45, 2.75) is 6.42 Å². The van der Waals surface area contributed by atoms with Gasteiger partial charge in [-0.2, -0.15) is 0 Å². The summed E-state index contributed by atoms with van der Waals surface area (Å²) in [5.41, 5.74) is 4.19. The molecule has 0 atom stereocenters. The van der Waals surface area contributed by atoms with Gasteiger partial charge in [0.25, 0.3) is 0 Å². The number of H-pyrrole nitrogens is 2. The number of aryl methyl sites for hydroxylation is 1. The van der Waals surface area contributed by atoms with Crippen molar-refractivity contribution in [1.82, 2.24) is 15.0 Å². The van der Waals surface area contributed by atoms with E-state index in [4.69, 9.17) is 5.14 Å². The van der Waals surface area contributed by atoms with Gasteiger partial charge < -0.3 is 9.97 Å². The lowest BCUT2D eigenvalue weighted by atomic mass is 10.0. The summed E-state index contributed by atoms with van der Waals surface area (Å²) in [4.78, 5) is 10.6. The van der Waals surface area contributed by atoms with Crippen LogP contribution in [0, 0.1) is 5.82 Å². The van der Waals surface area contributed by atoms with Crippen LogP contribution in [-0.2, 0) is 16.4 Å². The molecule has 2 aromatic heterocycles. The Bertz CT molecular complexity index is 1190. The Morgan fingerprint density at radius 1 is 1.12 bits per heavy atom. The number of hydrogen-bond donors (Lipinski definition) is 3. The summed E-state index contributed by atoms with van der Waals surface area (Å²) in [6.45, 7) is 0. The first-order chi connectivity index (χ1) is 11.9. The van der Waals surface area contributed by atoms with Crippen LogP contribution in [0.1, 0.15) is 5.82 Å². The number of nitrogens with zero attached hydrogens (tertiary/aromatic N) is 1. The Balaban J connectivity index is 1.73. The van der Waals surface area contributed by atoms with Crippen molar-refractivity contribution in [1.29, 1.82) is 0 Å². The largest absolute Gasteiger partial charge is 0.360 e. The number of imidazole rings is 1. The molecule has 4 aromatic rings. The number of rotatable bonds is 4. The quantitative estimate of drug-likeness (QED) is 0.522. The molecule has 25 heavy (non-hydrogen) atoms. The third kappa shape index (κ3) is 3.13. The van der Waals surface area contributed by atoms with Gasteiger partial charge in [-0.3, -0.25) is 0 Å². The highest BCUT2D eigenvalue weighted by molar-refractivity contribution is 7.89. The molecule has 0 unspecified atom stereocenters. The van der Waals surface area contributed by atoms with Gasteiger partial charge >= 0.3 is 0 Å². The van der Waals surface area contributed by atoms with Gasteiger partial charge in [-0.15, -0.1) is 0 Å². The van der Waals surface area contributed by atoms with Gasteiger partial charge in [0.05, 0.1) is 16.8 Å². The van der Waals surface area contributed by atoms with E-state index in [1.807, 2.05) is 24.4 Å². The molecule has 0 aliphatic heterocycles. The molecule has 0 fully saturated rings. The smallest absolute Gasteiger partial charge is 0.209 e. The Kier molecular flexibility index (Phi) is 3.59. The summed E-state index contributed by atoms with van der Waals surface area (Å²) < 4.78 is 35.5. The van der Waals surface area contributed by atoms with Gasteiger partial charge in [0, 0.05) is 29.1 Å². The van der Waals surface area contributed by atoms with Crippen molar-refractivity contribution >= 4 is 32.0 Å². The Morgan fingerprint density at radius 2 is 1.96 bits per heavy atom. The minimum absolute atomic E-state index is 0.159. The molecule has 0 saturated heterocycles. The van der Waals surface area contributed by atoms with Crippen LogP contribution in [-0.4, -0.2) is 29.1 Å². The average Bonchev–Trinajstić information content (AvgIpc) is 3.14. The lowest BCUT2D eigenvalue weighted by Gasteiger charge is -2.00. The van der Waals surface area contributed by atoms with Crippen molar-refractivity contribution in [2.75, 3.05) is 5.75 Å². The number of primary sulfonamides is 1. The van der Waals surface area contributed by atoms with Gasteiger partial charge in [-0.1, -0.05) is 6.07 Å². The molecule has 0 bridgehead atoms. The lowest BCUT2D eigenvalue weighted by Crippen LogP contribution is -2.18. The predicted molar refractivity (Wildman–Crippen MR) is 95.0 cm³/mol. The molecule has 4 N–H and O–H groups in total. The van der Waals surface area contributed by atoms with Crippen molar-refractivity contribution in [3.05, 3.63) is 54.2 Å². The summed E-state index contributed by atoms with van der Waals surface area (Å²) in [5.74, 6) is 0.125. The van der Waals surface area contributed by atoms with Crippen LogP contribution >= 0.6 is 0 Å². The highest BCUT2D eigenvalue weighted by atomic mass is 32.2. The topological polar surface area (TPSA) is 105 Å². The molecular weight excluding hydrogens is 343 g/mol. The van der Waals surface area contributed by atoms with Crippen LogP contribution in [0.15, 0.2) is 42.6 Å². The minimum atomic E-state index is -3.53. The van der Waals surface area contributed by atoms with Gasteiger partial charge in [-0.25, -0.2) is 22.9 Å². The van der Waals surface area contributed by atoms with E-state index in [1.54, 1.807) is 6.07 Å². The molecule has 4 rings (SSSR count). The van der Waals surface area contributed by atoms with Crippen LogP contribution in [0.5, 0.6) is 0 Å². The van der Waals surface area contributed by atoms with Gasteiger partial charge in [-0.05, 0) is 35.9 Å². The highest BCUT2D eigenvalue weighted by Gasteiger charge is 2.11. The predicted octanol–water partition coefficient (Wildman–Crippen LogP) is 2.68. The zero-order valence-electron chi connectivity index (χ0n) is 13.1. The fraction of sp³-hybridized carbons (Fsp3) is 0.118.